The molecular formula is C10H19N7S. The Bertz CT molecular complexity index is 385. The van der Waals surface area contributed by atoms with E-state index in [4.69, 9.17) is 12.2 Å². The molecule has 1 aliphatic rings. The van der Waals surface area contributed by atoms with E-state index in [0.717, 1.165) is 49.6 Å². The highest BCUT2D eigenvalue weighted by atomic mass is 32.1. The highest BCUT2D eigenvalue weighted by Gasteiger charge is 2.12. The minimum atomic E-state index is 0.139. The summed E-state index contributed by atoms with van der Waals surface area (Å²) in [6, 6.07) is 0. The number of rotatable bonds is 6. The Morgan fingerprint density at radius 1 is 1.44 bits per heavy atom. The Balaban J connectivity index is 1.57. The van der Waals surface area contributed by atoms with Gasteiger partial charge < -0.3 is 5.32 Å². The quantitative estimate of drug-likeness (QED) is 0.466. The Labute approximate surface area is 112 Å². The number of unbranched alkanes of at least 4 members (excludes halogenated alkanes) is 1. The first-order valence-corrected chi connectivity index (χ1v) is 6.64. The standard InChI is InChI=1S/C10H19N7S/c1-17-8(14-15-16-17)4-2-3-5-9(18)13-10-11-6-7-12-10/h10-12H,2-7H2,1H3,(H,13,18). The van der Waals surface area contributed by atoms with Crippen LogP contribution in [0.5, 0.6) is 0 Å². The number of aryl methyl sites for hydroxylation is 2. The van der Waals surface area contributed by atoms with E-state index in [0.29, 0.717) is 0 Å². The fourth-order valence-corrected chi connectivity index (χ4v) is 2.13. The van der Waals surface area contributed by atoms with Crippen molar-refractivity contribution in [2.45, 2.75) is 32.0 Å². The van der Waals surface area contributed by atoms with Gasteiger partial charge in [0.2, 0.25) is 0 Å². The second kappa shape index (κ2) is 6.72. The molecule has 0 aromatic carbocycles. The fraction of sp³-hybridized carbons (Fsp3) is 0.800. The average molecular weight is 269 g/mol. The molecule has 1 aliphatic heterocycles. The Hall–Kier alpha value is -1.12. The van der Waals surface area contributed by atoms with Crippen LogP contribution in [0.1, 0.15) is 25.1 Å². The van der Waals surface area contributed by atoms with Crippen molar-refractivity contribution < 1.29 is 0 Å². The average Bonchev–Trinajstić information content (AvgIpc) is 2.97. The van der Waals surface area contributed by atoms with Gasteiger partial charge in [0.05, 0.1) is 4.99 Å². The van der Waals surface area contributed by atoms with Crippen molar-refractivity contribution in [3.8, 4) is 0 Å². The maximum Gasteiger partial charge on any atom is 0.150 e. The first-order chi connectivity index (χ1) is 8.75. The van der Waals surface area contributed by atoms with Gasteiger partial charge in [-0.3, -0.25) is 10.6 Å². The Kier molecular flexibility index (Phi) is 4.97. The maximum atomic E-state index is 5.29. The monoisotopic (exact) mass is 269 g/mol. The summed E-state index contributed by atoms with van der Waals surface area (Å²) in [5.41, 5.74) is 0. The number of nitrogens with one attached hydrogen (secondary N) is 3. The van der Waals surface area contributed by atoms with Gasteiger partial charge in [-0.25, -0.2) is 4.68 Å². The molecule has 0 unspecified atom stereocenters. The fourth-order valence-electron chi connectivity index (χ4n) is 1.87. The lowest BCUT2D eigenvalue weighted by molar-refractivity contribution is 0.519. The van der Waals surface area contributed by atoms with Crippen molar-refractivity contribution in [1.29, 1.82) is 0 Å². The molecule has 0 spiro atoms. The van der Waals surface area contributed by atoms with E-state index >= 15 is 0 Å². The number of nitrogens with zero attached hydrogens (tertiary/aromatic N) is 4. The number of tetrazole rings is 1. The lowest BCUT2D eigenvalue weighted by Gasteiger charge is -2.15. The van der Waals surface area contributed by atoms with Crippen LogP contribution in [0.25, 0.3) is 0 Å². The van der Waals surface area contributed by atoms with E-state index in [-0.39, 0.29) is 6.29 Å². The molecule has 8 heteroatoms. The SMILES string of the molecule is Cn1nnnc1CCCCC(=S)NC1NCCN1. The van der Waals surface area contributed by atoms with Gasteiger partial charge in [0.15, 0.2) is 5.82 Å². The van der Waals surface area contributed by atoms with Crippen LogP contribution in [0.3, 0.4) is 0 Å². The van der Waals surface area contributed by atoms with Crippen LogP contribution in [0.2, 0.25) is 0 Å². The molecule has 1 fully saturated rings. The second-order valence-electron chi connectivity index (χ2n) is 4.33. The first kappa shape index (κ1) is 13.3. The van der Waals surface area contributed by atoms with E-state index in [1.807, 2.05) is 7.05 Å². The van der Waals surface area contributed by atoms with Crippen LogP contribution in [0.15, 0.2) is 0 Å². The van der Waals surface area contributed by atoms with Gasteiger partial charge in [0, 0.05) is 26.6 Å². The molecule has 0 amide bonds. The third-order valence-corrected chi connectivity index (χ3v) is 3.21. The van der Waals surface area contributed by atoms with Crippen molar-refractivity contribution in [3.05, 3.63) is 5.82 Å². The van der Waals surface area contributed by atoms with Crippen molar-refractivity contribution >= 4 is 17.2 Å². The normalized spacial score (nSPS) is 16.1. The summed E-state index contributed by atoms with van der Waals surface area (Å²) < 4.78 is 1.71. The summed E-state index contributed by atoms with van der Waals surface area (Å²) in [6.07, 6.45) is 4.03. The molecular weight excluding hydrogens is 250 g/mol. The van der Waals surface area contributed by atoms with Crippen LogP contribution >= 0.6 is 12.2 Å². The van der Waals surface area contributed by atoms with Gasteiger partial charge in [-0.2, -0.15) is 0 Å². The number of aromatic nitrogens is 4. The van der Waals surface area contributed by atoms with Crippen LogP contribution < -0.4 is 16.0 Å². The van der Waals surface area contributed by atoms with Gasteiger partial charge in [-0.15, -0.1) is 5.10 Å². The molecule has 1 saturated heterocycles. The molecule has 2 rings (SSSR count). The molecule has 3 N–H and O–H groups in total. The second-order valence-corrected chi connectivity index (χ2v) is 4.83. The molecule has 18 heavy (non-hydrogen) atoms. The zero-order chi connectivity index (χ0) is 12.8. The molecule has 0 bridgehead atoms. The summed E-state index contributed by atoms with van der Waals surface area (Å²) in [6.45, 7) is 1.97. The molecule has 1 aromatic heterocycles. The summed E-state index contributed by atoms with van der Waals surface area (Å²) in [5.74, 6) is 0.924. The third kappa shape index (κ3) is 3.97. The number of hydrogen-bond donors (Lipinski definition) is 3. The number of thiocarbonyl (C=S) groups is 1. The van der Waals surface area contributed by atoms with Crippen molar-refractivity contribution in [3.63, 3.8) is 0 Å². The summed E-state index contributed by atoms with van der Waals surface area (Å²) in [5, 5.41) is 21.1. The summed E-state index contributed by atoms with van der Waals surface area (Å²) >= 11 is 5.29. The molecule has 7 nitrogen and oxygen atoms in total. The first-order valence-electron chi connectivity index (χ1n) is 6.23. The van der Waals surface area contributed by atoms with Gasteiger partial charge in [-0.05, 0) is 29.7 Å². The molecule has 0 aliphatic carbocycles. The summed E-state index contributed by atoms with van der Waals surface area (Å²) in [4.78, 5) is 0.901. The predicted molar refractivity (Wildman–Crippen MR) is 71.9 cm³/mol. The number of hydrogen-bond acceptors (Lipinski definition) is 6. The third-order valence-electron chi connectivity index (χ3n) is 2.89. The maximum absolute atomic E-state index is 5.29. The molecule has 2 heterocycles. The highest BCUT2D eigenvalue weighted by Crippen LogP contribution is 2.03. The van der Waals surface area contributed by atoms with E-state index < -0.39 is 0 Å². The predicted octanol–water partition coefficient (Wildman–Crippen LogP) is -0.684. The van der Waals surface area contributed by atoms with Crippen molar-refractivity contribution in [2.24, 2.45) is 7.05 Å². The van der Waals surface area contributed by atoms with E-state index in [2.05, 4.69) is 31.5 Å². The van der Waals surface area contributed by atoms with Crippen molar-refractivity contribution in [2.75, 3.05) is 13.1 Å². The van der Waals surface area contributed by atoms with Gasteiger partial charge in [0.25, 0.3) is 0 Å². The van der Waals surface area contributed by atoms with E-state index in [9.17, 15) is 0 Å². The van der Waals surface area contributed by atoms with Crippen LogP contribution in [-0.2, 0) is 13.5 Å². The van der Waals surface area contributed by atoms with Crippen LogP contribution in [0, 0.1) is 0 Å². The Morgan fingerprint density at radius 2 is 2.22 bits per heavy atom. The minimum Gasteiger partial charge on any atom is -0.352 e. The highest BCUT2D eigenvalue weighted by molar-refractivity contribution is 7.80. The van der Waals surface area contributed by atoms with Gasteiger partial charge in [-0.1, -0.05) is 12.2 Å². The smallest absolute Gasteiger partial charge is 0.150 e. The molecule has 0 radical (unpaired) electrons. The topological polar surface area (TPSA) is 79.7 Å². The molecule has 0 atom stereocenters. The lowest BCUT2D eigenvalue weighted by atomic mass is 10.2. The van der Waals surface area contributed by atoms with Crippen LogP contribution in [0.4, 0.5) is 0 Å². The van der Waals surface area contributed by atoms with Gasteiger partial charge in [0.1, 0.15) is 6.29 Å². The Morgan fingerprint density at radius 3 is 2.89 bits per heavy atom. The molecule has 1 aromatic rings. The van der Waals surface area contributed by atoms with Crippen LogP contribution in [-0.4, -0.2) is 44.6 Å². The molecule has 100 valence electrons. The van der Waals surface area contributed by atoms with Crippen molar-refractivity contribution in [1.82, 2.24) is 36.2 Å². The lowest BCUT2D eigenvalue weighted by Crippen LogP contribution is -2.47. The van der Waals surface area contributed by atoms with Gasteiger partial charge >= 0.3 is 0 Å². The zero-order valence-electron chi connectivity index (χ0n) is 10.5. The summed E-state index contributed by atoms with van der Waals surface area (Å²) in [7, 11) is 1.86. The minimum absolute atomic E-state index is 0.139. The zero-order valence-corrected chi connectivity index (χ0v) is 11.3. The van der Waals surface area contributed by atoms with E-state index in [1.54, 1.807) is 4.68 Å². The van der Waals surface area contributed by atoms with E-state index in [1.165, 1.54) is 0 Å². The largest absolute Gasteiger partial charge is 0.352 e. The molecule has 0 saturated carbocycles.